The van der Waals surface area contributed by atoms with Crippen LogP contribution in [0.25, 0.3) is 11.0 Å². The molecule has 0 spiro atoms. The summed E-state index contributed by atoms with van der Waals surface area (Å²) in [5, 5.41) is 3.18. The smallest absolute Gasteiger partial charge is 0.431 e. The molecule has 3 heterocycles. The molecule has 1 aliphatic rings. The van der Waals surface area contributed by atoms with Gasteiger partial charge in [-0.25, -0.2) is 18.7 Å². The van der Waals surface area contributed by atoms with Gasteiger partial charge in [0.1, 0.15) is 53.4 Å². The zero-order valence-electron chi connectivity index (χ0n) is 16.6. The van der Waals surface area contributed by atoms with Crippen molar-refractivity contribution in [2.24, 2.45) is 0 Å². The number of nitrogens with zero attached hydrogens (tertiary/aromatic N) is 2. The van der Waals surface area contributed by atoms with Crippen LogP contribution in [0.15, 0.2) is 30.6 Å². The summed E-state index contributed by atoms with van der Waals surface area (Å²) in [6.07, 6.45) is -4.18. The molecule has 1 aliphatic heterocycles. The van der Waals surface area contributed by atoms with E-state index in [-0.39, 0.29) is 35.8 Å². The van der Waals surface area contributed by atoms with Crippen LogP contribution in [-0.4, -0.2) is 39.9 Å². The van der Waals surface area contributed by atoms with Gasteiger partial charge in [-0.15, -0.1) is 0 Å². The number of aromatic amines is 1. The summed E-state index contributed by atoms with van der Waals surface area (Å²) in [5.41, 5.74) is -2.07. The highest BCUT2D eigenvalue weighted by molar-refractivity contribution is 5.88. The van der Waals surface area contributed by atoms with Crippen molar-refractivity contribution < 1.29 is 31.4 Å². The molecule has 0 aliphatic carbocycles. The number of H-pyrrole nitrogens is 1. The second-order valence-electron chi connectivity index (χ2n) is 7.85. The molecule has 0 radical (unpaired) electrons. The lowest BCUT2D eigenvalue weighted by molar-refractivity contribution is -0.140. The summed E-state index contributed by atoms with van der Waals surface area (Å²) in [7, 11) is 0. The van der Waals surface area contributed by atoms with Gasteiger partial charge in [-0.3, -0.25) is 0 Å². The zero-order valence-corrected chi connectivity index (χ0v) is 16.6. The van der Waals surface area contributed by atoms with Gasteiger partial charge < -0.3 is 19.8 Å². The molecule has 31 heavy (non-hydrogen) atoms. The molecule has 0 unspecified atom stereocenters. The van der Waals surface area contributed by atoms with E-state index in [1.807, 2.05) is 0 Å². The molecule has 2 N–H and O–H groups in total. The Balaban J connectivity index is 1.72. The van der Waals surface area contributed by atoms with Gasteiger partial charge in [-0.1, -0.05) is 6.07 Å². The summed E-state index contributed by atoms with van der Waals surface area (Å²) in [5.74, 6) is -0.133. The van der Waals surface area contributed by atoms with Gasteiger partial charge in [0.05, 0.1) is 18.0 Å². The summed E-state index contributed by atoms with van der Waals surface area (Å²) < 4.78 is 78.3. The fourth-order valence-electron chi connectivity index (χ4n) is 3.33. The Bertz CT molecular complexity index is 1090. The molecular formula is C20H19F5N4O2. The first-order valence-electron chi connectivity index (χ1n) is 9.41. The summed E-state index contributed by atoms with van der Waals surface area (Å²) in [6.45, 7) is 2.46. The number of nitrogens with one attached hydrogen (secondary N) is 2. The van der Waals surface area contributed by atoms with Crippen molar-refractivity contribution in [3.63, 3.8) is 0 Å². The molecule has 0 bridgehead atoms. The zero-order chi connectivity index (χ0) is 22.4. The molecular weight excluding hydrogens is 423 g/mol. The highest BCUT2D eigenvalue weighted by Gasteiger charge is 2.36. The highest BCUT2D eigenvalue weighted by Crippen LogP contribution is 2.38. The number of alkyl halides is 4. The number of rotatable bonds is 5. The van der Waals surface area contributed by atoms with Crippen molar-refractivity contribution in [2.45, 2.75) is 37.8 Å². The molecule has 2 aromatic heterocycles. The van der Waals surface area contributed by atoms with E-state index in [2.05, 4.69) is 20.3 Å². The minimum atomic E-state index is -4.58. The van der Waals surface area contributed by atoms with Gasteiger partial charge in [-0.2, -0.15) is 13.2 Å². The van der Waals surface area contributed by atoms with E-state index in [4.69, 9.17) is 9.47 Å². The maximum atomic E-state index is 14.0. The predicted molar refractivity (Wildman–Crippen MR) is 102 cm³/mol. The summed E-state index contributed by atoms with van der Waals surface area (Å²) in [4.78, 5) is 10.2. The normalized spacial score (nSPS) is 19.2. The Labute approximate surface area is 173 Å². The number of benzene rings is 1. The first-order valence-corrected chi connectivity index (χ1v) is 9.41. The van der Waals surface area contributed by atoms with Gasteiger partial charge in [-0.05, 0) is 26.0 Å². The van der Waals surface area contributed by atoms with Crippen LogP contribution < -0.4 is 10.1 Å². The quantitative estimate of drug-likeness (QED) is 0.556. The first-order chi connectivity index (χ1) is 14.5. The van der Waals surface area contributed by atoms with Crippen LogP contribution >= 0.6 is 0 Å². The van der Waals surface area contributed by atoms with Gasteiger partial charge >= 0.3 is 6.18 Å². The van der Waals surface area contributed by atoms with Crippen molar-refractivity contribution in [1.29, 1.82) is 0 Å². The van der Waals surface area contributed by atoms with E-state index in [0.717, 1.165) is 12.4 Å². The molecule has 11 heteroatoms. The number of aromatic nitrogens is 3. The van der Waals surface area contributed by atoms with Crippen molar-refractivity contribution in [2.75, 3.05) is 18.5 Å². The number of halogens is 5. The van der Waals surface area contributed by atoms with E-state index in [1.165, 1.54) is 32.0 Å². The second kappa shape index (κ2) is 7.63. The molecule has 1 aromatic carbocycles. The van der Waals surface area contributed by atoms with Gasteiger partial charge in [0.15, 0.2) is 0 Å². The monoisotopic (exact) mass is 442 g/mol. The SMILES string of the molecule is CC(C)(F)CO[C@H]1COc2cc(F)ccc2[C@@H]1Nc1ncnc2[nH]c(C(F)(F)F)cc12. The van der Waals surface area contributed by atoms with Gasteiger partial charge in [0.25, 0.3) is 0 Å². The molecule has 0 saturated carbocycles. The topological polar surface area (TPSA) is 72.1 Å². The molecule has 3 aromatic rings. The molecule has 0 saturated heterocycles. The van der Waals surface area contributed by atoms with Crippen LogP contribution in [0.1, 0.15) is 31.1 Å². The number of ether oxygens (including phenoxy) is 2. The average Bonchev–Trinajstić information content (AvgIpc) is 3.12. The van der Waals surface area contributed by atoms with Crippen LogP contribution in [0.4, 0.5) is 27.8 Å². The van der Waals surface area contributed by atoms with Crippen LogP contribution in [0.5, 0.6) is 5.75 Å². The molecule has 2 atom stereocenters. The molecule has 166 valence electrons. The number of hydrogen-bond acceptors (Lipinski definition) is 5. The lowest BCUT2D eigenvalue weighted by atomic mass is 9.97. The Morgan fingerprint density at radius 3 is 2.68 bits per heavy atom. The maximum absolute atomic E-state index is 14.0. The number of anilines is 1. The lowest BCUT2D eigenvalue weighted by Gasteiger charge is -2.35. The number of fused-ring (bicyclic) bond motifs is 2. The third kappa shape index (κ3) is 4.55. The third-order valence-electron chi connectivity index (χ3n) is 4.75. The van der Waals surface area contributed by atoms with Gasteiger partial charge in [0.2, 0.25) is 0 Å². The fraction of sp³-hybridized carbons (Fsp3) is 0.400. The van der Waals surface area contributed by atoms with E-state index in [0.29, 0.717) is 5.56 Å². The second-order valence-corrected chi connectivity index (χ2v) is 7.85. The maximum Gasteiger partial charge on any atom is 0.431 e. The average molecular weight is 442 g/mol. The minimum absolute atomic E-state index is 0.00132. The van der Waals surface area contributed by atoms with Crippen molar-refractivity contribution >= 4 is 16.9 Å². The van der Waals surface area contributed by atoms with E-state index in [9.17, 15) is 22.0 Å². The van der Waals surface area contributed by atoms with Crippen molar-refractivity contribution in [1.82, 2.24) is 15.0 Å². The minimum Gasteiger partial charge on any atom is -0.490 e. The Hall–Kier alpha value is -2.95. The van der Waals surface area contributed by atoms with Crippen molar-refractivity contribution in [3.8, 4) is 5.75 Å². The molecule has 6 nitrogen and oxygen atoms in total. The molecule has 4 rings (SSSR count). The van der Waals surface area contributed by atoms with E-state index >= 15 is 0 Å². The lowest BCUT2D eigenvalue weighted by Crippen LogP contribution is -2.40. The standard InChI is InChI=1S/C20H19F5N4O2/c1-19(2,22)8-31-14-7-30-13-5-10(21)3-4-11(13)16(14)29-18-12-6-15(20(23,24)25)28-17(12)26-9-27-18/h3-6,9,14,16H,7-8H2,1-2H3,(H2,26,27,28,29)/t14-,16-/m0/s1. The van der Waals surface area contributed by atoms with Crippen LogP contribution in [0.2, 0.25) is 0 Å². The van der Waals surface area contributed by atoms with E-state index < -0.39 is 35.5 Å². The fourth-order valence-corrected chi connectivity index (χ4v) is 3.33. The third-order valence-corrected chi connectivity index (χ3v) is 4.75. The van der Waals surface area contributed by atoms with Gasteiger partial charge in [0, 0.05) is 11.6 Å². The Kier molecular flexibility index (Phi) is 5.24. The molecule has 0 fully saturated rings. The summed E-state index contributed by atoms with van der Waals surface area (Å²) in [6, 6.07) is 4.13. The van der Waals surface area contributed by atoms with Crippen LogP contribution in [-0.2, 0) is 10.9 Å². The van der Waals surface area contributed by atoms with Crippen LogP contribution in [0.3, 0.4) is 0 Å². The highest BCUT2D eigenvalue weighted by atomic mass is 19.4. The van der Waals surface area contributed by atoms with E-state index in [1.54, 1.807) is 0 Å². The largest absolute Gasteiger partial charge is 0.490 e. The first kappa shape index (κ1) is 21.3. The Morgan fingerprint density at radius 2 is 1.97 bits per heavy atom. The molecule has 0 amide bonds. The van der Waals surface area contributed by atoms with Crippen LogP contribution in [0, 0.1) is 5.82 Å². The summed E-state index contributed by atoms with van der Waals surface area (Å²) >= 11 is 0. The van der Waals surface area contributed by atoms with Crippen molar-refractivity contribution in [3.05, 3.63) is 47.7 Å². The number of hydrogen-bond donors (Lipinski definition) is 2. The Morgan fingerprint density at radius 1 is 1.19 bits per heavy atom. The predicted octanol–water partition coefficient (Wildman–Crippen LogP) is 4.79.